The number of pyridine rings is 2. The van der Waals surface area contributed by atoms with Crippen LogP contribution in [0.25, 0.3) is 0 Å². The number of hydrogen-bond acceptors (Lipinski definition) is 6. The molecule has 4 rings (SSSR count). The third kappa shape index (κ3) is 4.07. The summed E-state index contributed by atoms with van der Waals surface area (Å²) in [5, 5.41) is 2.88. The van der Waals surface area contributed by atoms with Crippen molar-refractivity contribution in [1.29, 1.82) is 0 Å². The number of nitrogens with one attached hydrogen (secondary N) is 1. The van der Waals surface area contributed by atoms with Gasteiger partial charge < -0.3 is 19.3 Å². The Morgan fingerprint density at radius 1 is 1.21 bits per heavy atom. The first kappa shape index (κ1) is 18.6. The Kier molecular flexibility index (Phi) is 5.68. The number of morpholine rings is 1. The number of nitrogens with zero attached hydrogens (tertiary/aromatic N) is 4. The molecule has 4 heterocycles. The molecule has 0 aromatic carbocycles. The molecular formula is C20H25N5O3. The van der Waals surface area contributed by atoms with Gasteiger partial charge in [0.15, 0.2) is 0 Å². The molecule has 2 amide bonds. The lowest BCUT2D eigenvalue weighted by atomic mass is 10.0. The normalized spacial score (nSPS) is 22.1. The average molecular weight is 383 g/mol. The summed E-state index contributed by atoms with van der Waals surface area (Å²) >= 11 is 0. The van der Waals surface area contributed by atoms with Crippen molar-refractivity contribution in [1.82, 2.24) is 14.9 Å². The molecule has 0 radical (unpaired) electrons. The lowest BCUT2D eigenvalue weighted by molar-refractivity contribution is 0.0787. The third-order valence-electron chi connectivity index (χ3n) is 5.25. The van der Waals surface area contributed by atoms with Crippen LogP contribution < -0.4 is 10.2 Å². The monoisotopic (exact) mass is 383 g/mol. The van der Waals surface area contributed by atoms with Gasteiger partial charge in [-0.15, -0.1) is 0 Å². The Balaban J connectivity index is 1.38. The smallest absolute Gasteiger partial charge is 0.323 e. The molecule has 8 heteroatoms. The van der Waals surface area contributed by atoms with Crippen LogP contribution in [0.2, 0.25) is 0 Å². The van der Waals surface area contributed by atoms with E-state index < -0.39 is 0 Å². The molecule has 0 spiro atoms. The largest absolute Gasteiger partial charge is 0.378 e. The fraction of sp³-hybridized carbons (Fsp3) is 0.450. The number of amides is 2. The van der Waals surface area contributed by atoms with Crippen molar-refractivity contribution >= 4 is 17.5 Å². The number of carbonyl (C=O) groups excluding carboxylic acids is 1. The molecule has 2 aromatic rings. The van der Waals surface area contributed by atoms with Crippen LogP contribution in [-0.4, -0.2) is 66.9 Å². The number of carbonyl (C=O) groups is 1. The third-order valence-corrected chi connectivity index (χ3v) is 5.25. The van der Waals surface area contributed by atoms with E-state index in [0.717, 1.165) is 44.0 Å². The van der Waals surface area contributed by atoms with Gasteiger partial charge in [0.05, 0.1) is 31.1 Å². The van der Waals surface area contributed by atoms with E-state index in [1.54, 1.807) is 30.5 Å². The number of rotatable bonds is 4. The fourth-order valence-electron chi connectivity index (χ4n) is 3.65. The molecule has 0 bridgehead atoms. The van der Waals surface area contributed by atoms with Crippen molar-refractivity contribution < 1.29 is 14.3 Å². The van der Waals surface area contributed by atoms with Gasteiger partial charge in [0.1, 0.15) is 11.9 Å². The molecule has 2 fully saturated rings. The predicted molar refractivity (Wildman–Crippen MR) is 105 cm³/mol. The van der Waals surface area contributed by atoms with Gasteiger partial charge in [-0.2, -0.15) is 0 Å². The van der Waals surface area contributed by atoms with Crippen LogP contribution in [0.3, 0.4) is 0 Å². The number of ether oxygens (including phenoxy) is 2. The lowest BCUT2D eigenvalue weighted by Crippen LogP contribution is -2.41. The van der Waals surface area contributed by atoms with E-state index >= 15 is 0 Å². The Labute approximate surface area is 164 Å². The van der Waals surface area contributed by atoms with Gasteiger partial charge in [0, 0.05) is 44.7 Å². The highest BCUT2D eigenvalue weighted by Gasteiger charge is 2.35. The standard InChI is InChI=1S/C20H25N5O3/c1-24(17-6-10-28-19(17)15-3-2-7-21-13-15)20(26)23-18-5-4-16(14-22-18)25-8-11-27-12-9-25/h2-5,7,13-14,17,19H,6,8-12H2,1H3,(H,22,23,26)/t17-,19+/m0/s1. The van der Waals surface area contributed by atoms with E-state index in [0.29, 0.717) is 12.4 Å². The van der Waals surface area contributed by atoms with E-state index in [1.165, 1.54) is 0 Å². The second-order valence-corrected chi connectivity index (χ2v) is 6.98. The lowest BCUT2D eigenvalue weighted by Gasteiger charge is -2.29. The Morgan fingerprint density at radius 2 is 2.07 bits per heavy atom. The topological polar surface area (TPSA) is 79.8 Å². The van der Waals surface area contributed by atoms with Gasteiger partial charge in [-0.25, -0.2) is 9.78 Å². The summed E-state index contributed by atoms with van der Waals surface area (Å²) in [6.45, 7) is 3.78. The number of urea groups is 1. The Morgan fingerprint density at radius 3 is 2.79 bits per heavy atom. The Bertz CT molecular complexity index is 780. The molecule has 8 nitrogen and oxygen atoms in total. The van der Waals surface area contributed by atoms with Crippen LogP contribution in [-0.2, 0) is 9.47 Å². The molecule has 0 saturated carbocycles. The first-order valence-electron chi connectivity index (χ1n) is 9.56. The van der Waals surface area contributed by atoms with Crippen molar-refractivity contribution in [2.24, 2.45) is 0 Å². The number of hydrogen-bond donors (Lipinski definition) is 1. The molecular weight excluding hydrogens is 358 g/mol. The second kappa shape index (κ2) is 8.53. The maximum Gasteiger partial charge on any atom is 0.323 e. The number of likely N-dealkylation sites (N-methyl/N-ethyl adjacent to an activating group) is 1. The molecule has 2 aliphatic heterocycles. The molecule has 2 atom stereocenters. The van der Waals surface area contributed by atoms with E-state index in [-0.39, 0.29) is 18.2 Å². The van der Waals surface area contributed by atoms with E-state index in [9.17, 15) is 4.79 Å². The SMILES string of the molecule is CN(C(=O)Nc1ccc(N2CCOCC2)cn1)[C@H]1CCO[C@@H]1c1cccnc1. The quantitative estimate of drug-likeness (QED) is 0.873. The van der Waals surface area contributed by atoms with E-state index in [1.807, 2.05) is 24.3 Å². The molecule has 2 aromatic heterocycles. The van der Waals surface area contributed by atoms with Gasteiger partial charge in [0.2, 0.25) is 0 Å². The van der Waals surface area contributed by atoms with Gasteiger partial charge >= 0.3 is 6.03 Å². The van der Waals surface area contributed by atoms with Crippen molar-refractivity contribution in [3.63, 3.8) is 0 Å². The summed E-state index contributed by atoms with van der Waals surface area (Å²) in [5.74, 6) is 0.533. The minimum Gasteiger partial charge on any atom is -0.378 e. The molecule has 148 valence electrons. The van der Waals surface area contributed by atoms with Gasteiger partial charge in [0.25, 0.3) is 0 Å². The zero-order valence-corrected chi connectivity index (χ0v) is 16.0. The second-order valence-electron chi connectivity index (χ2n) is 6.98. The summed E-state index contributed by atoms with van der Waals surface area (Å²) in [7, 11) is 1.79. The summed E-state index contributed by atoms with van der Waals surface area (Å²) in [4.78, 5) is 25.2. The average Bonchev–Trinajstić information content (AvgIpc) is 3.25. The van der Waals surface area contributed by atoms with Gasteiger partial charge in [-0.1, -0.05) is 6.07 Å². The van der Waals surface area contributed by atoms with Crippen molar-refractivity contribution in [3.05, 3.63) is 48.4 Å². The maximum absolute atomic E-state index is 12.7. The first-order chi connectivity index (χ1) is 13.7. The molecule has 1 N–H and O–H groups in total. The highest BCUT2D eigenvalue weighted by molar-refractivity contribution is 5.88. The van der Waals surface area contributed by atoms with Crippen LogP contribution in [0.1, 0.15) is 18.1 Å². The maximum atomic E-state index is 12.7. The van der Waals surface area contributed by atoms with Crippen LogP contribution in [0.15, 0.2) is 42.9 Å². The molecule has 2 aliphatic rings. The van der Waals surface area contributed by atoms with Crippen molar-refractivity contribution in [2.75, 3.05) is 50.2 Å². The molecule has 2 saturated heterocycles. The fourth-order valence-corrected chi connectivity index (χ4v) is 3.65. The number of anilines is 2. The zero-order valence-electron chi connectivity index (χ0n) is 16.0. The highest BCUT2D eigenvalue weighted by Crippen LogP contribution is 2.32. The molecule has 0 aliphatic carbocycles. The van der Waals surface area contributed by atoms with Crippen molar-refractivity contribution in [3.8, 4) is 0 Å². The minimum absolute atomic E-state index is 0.0446. The highest BCUT2D eigenvalue weighted by atomic mass is 16.5. The summed E-state index contributed by atoms with van der Waals surface area (Å²) in [6.07, 6.45) is 5.93. The van der Waals surface area contributed by atoms with Crippen molar-refractivity contribution in [2.45, 2.75) is 18.6 Å². The summed E-state index contributed by atoms with van der Waals surface area (Å²) < 4.78 is 11.2. The number of aromatic nitrogens is 2. The predicted octanol–water partition coefficient (Wildman–Crippen LogP) is 2.31. The molecule has 28 heavy (non-hydrogen) atoms. The zero-order chi connectivity index (χ0) is 19.3. The summed E-state index contributed by atoms with van der Waals surface area (Å²) in [5.41, 5.74) is 2.02. The van der Waals surface area contributed by atoms with Crippen LogP contribution >= 0.6 is 0 Å². The van der Waals surface area contributed by atoms with Crippen LogP contribution in [0.4, 0.5) is 16.3 Å². The van der Waals surface area contributed by atoms with E-state index in [4.69, 9.17) is 9.47 Å². The summed E-state index contributed by atoms with van der Waals surface area (Å²) in [6, 6.07) is 7.43. The van der Waals surface area contributed by atoms with Crippen LogP contribution in [0, 0.1) is 0 Å². The van der Waals surface area contributed by atoms with Gasteiger partial charge in [-0.3, -0.25) is 10.3 Å². The van der Waals surface area contributed by atoms with Crippen LogP contribution in [0.5, 0.6) is 0 Å². The van der Waals surface area contributed by atoms with E-state index in [2.05, 4.69) is 20.2 Å². The van der Waals surface area contributed by atoms with Gasteiger partial charge in [-0.05, 0) is 24.6 Å². The molecule has 0 unspecified atom stereocenters. The Hall–Kier alpha value is -2.71. The first-order valence-corrected chi connectivity index (χ1v) is 9.56. The minimum atomic E-state index is -0.198.